The van der Waals surface area contributed by atoms with Crippen LogP contribution in [-0.4, -0.2) is 4.98 Å². The molecule has 1 atom stereocenters. The van der Waals surface area contributed by atoms with Crippen LogP contribution in [0.5, 0.6) is 0 Å². The lowest BCUT2D eigenvalue weighted by Gasteiger charge is -2.08. The molecule has 1 unspecified atom stereocenters. The van der Waals surface area contributed by atoms with Crippen LogP contribution in [0.25, 0.3) is 10.8 Å². The number of aromatic nitrogens is 1. The van der Waals surface area contributed by atoms with Crippen LogP contribution < -0.4 is 0 Å². The van der Waals surface area contributed by atoms with Gasteiger partial charge in [0.05, 0.1) is 10.9 Å². The van der Waals surface area contributed by atoms with Crippen LogP contribution in [0.15, 0.2) is 54.2 Å². The summed E-state index contributed by atoms with van der Waals surface area (Å²) in [7, 11) is 0. The number of thiazole rings is 1. The van der Waals surface area contributed by atoms with E-state index in [0.717, 1.165) is 11.3 Å². The monoisotopic (exact) mass is 273 g/mol. The Morgan fingerprint density at radius 2 is 1.94 bits per heavy atom. The van der Waals surface area contributed by atoms with Crippen LogP contribution in [0.3, 0.4) is 0 Å². The average molecular weight is 274 g/mol. The molecule has 18 heavy (non-hydrogen) atoms. The van der Waals surface area contributed by atoms with E-state index >= 15 is 0 Å². The number of hydrogen-bond acceptors (Lipinski definition) is 2. The van der Waals surface area contributed by atoms with E-state index in [0.29, 0.717) is 0 Å². The molecule has 1 aromatic heterocycles. The van der Waals surface area contributed by atoms with Gasteiger partial charge in [-0.25, -0.2) is 0 Å². The fourth-order valence-electron chi connectivity index (χ4n) is 2.05. The summed E-state index contributed by atoms with van der Waals surface area (Å²) in [6.07, 6.45) is 2.69. The number of hydrogen-bond donors (Lipinski definition) is 0. The van der Waals surface area contributed by atoms with E-state index in [-0.39, 0.29) is 5.38 Å². The highest BCUT2D eigenvalue weighted by Crippen LogP contribution is 2.28. The van der Waals surface area contributed by atoms with Gasteiger partial charge in [0.1, 0.15) is 0 Å². The van der Waals surface area contributed by atoms with Crippen LogP contribution in [0.4, 0.5) is 0 Å². The Morgan fingerprint density at radius 3 is 2.72 bits per heavy atom. The van der Waals surface area contributed by atoms with Gasteiger partial charge in [0.2, 0.25) is 0 Å². The van der Waals surface area contributed by atoms with Crippen molar-refractivity contribution in [3.8, 4) is 0 Å². The van der Waals surface area contributed by atoms with Crippen molar-refractivity contribution in [1.29, 1.82) is 0 Å². The molecule has 2 aromatic carbocycles. The molecule has 1 heterocycles. The highest BCUT2D eigenvalue weighted by atomic mass is 35.5. The minimum absolute atomic E-state index is 0.0127. The molecule has 3 aromatic rings. The topological polar surface area (TPSA) is 12.9 Å². The quantitative estimate of drug-likeness (QED) is 0.624. The van der Waals surface area contributed by atoms with E-state index in [4.69, 9.17) is 11.6 Å². The predicted molar refractivity (Wildman–Crippen MR) is 78.4 cm³/mol. The molecule has 0 amide bonds. The van der Waals surface area contributed by atoms with E-state index < -0.39 is 0 Å². The van der Waals surface area contributed by atoms with E-state index in [2.05, 4.69) is 47.4 Å². The van der Waals surface area contributed by atoms with Gasteiger partial charge < -0.3 is 0 Å². The molecule has 3 heteroatoms. The molecule has 0 spiro atoms. The molecule has 0 fully saturated rings. The molecular formula is C15H12ClNS. The standard InChI is InChI=1S/C15H12ClNS/c16-14(15-9-17-10-18-15)8-11-5-6-12-3-1-2-4-13(12)7-11/h1-7,9-10,14H,8H2. The van der Waals surface area contributed by atoms with Gasteiger partial charge in [0.25, 0.3) is 0 Å². The third-order valence-electron chi connectivity index (χ3n) is 2.99. The number of alkyl halides is 1. The Labute approximate surface area is 115 Å². The Morgan fingerprint density at radius 1 is 1.11 bits per heavy atom. The largest absolute Gasteiger partial charge is 0.253 e. The van der Waals surface area contributed by atoms with Crippen molar-refractivity contribution in [2.45, 2.75) is 11.8 Å². The van der Waals surface area contributed by atoms with E-state index in [1.54, 1.807) is 11.3 Å². The highest BCUT2D eigenvalue weighted by molar-refractivity contribution is 7.09. The third kappa shape index (κ3) is 2.40. The highest BCUT2D eigenvalue weighted by Gasteiger charge is 2.10. The van der Waals surface area contributed by atoms with Crippen LogP contribution in [0, 0.1) is 0 Å². The summed E-state index contributed by atoms with van der Waals surface area (Å²) in [4.78, 5) is 5.20. The fraction of sp³-hybridized carbons (Fsp3) is 0.133. The van der Waals surface area contributed by atoms with Crippen molar-refractivity contribution in [3.05, 3.63) is 64.6 Å². The number of nitrogens with zero attached hydrogens (tertiary/aromatic N) is 1. The maximum Gasteiger partial charge on any atom is 0.0794 e. The van der Waals surface area contributed by atoms with Crippen molar-refractivity contribution >= 4 is 33.7 Å². The summed E-state index contributed by atoms with van der Waals surface area (Å²) in [5.41, 5.74) is 3.09. The minimum atomic E-state index is 0.0127. The molecule has 0 aliphatic heterocycles. The summed E-state index contributed by atoms with van der Waals surface area (Å²) < 4.78 is 0. The Kier molecular flexibility index (Phi) is 3.31. The van der Waals surface area contributed by atoms with Gasteiger partial charge in [0, 0.05) is 11.1 Å². The molecular weight excluding hydrogens is 262 g/mol. The molecule has 0 saturated carbocycles. The Bertz CT molecular complexity index is 648. The molecule has 0 saturated heterocycles. The van der Waals surface area contributed by atoms with Gasteiger partial charge in [-0.05, 0) is 22.8 Å². The second kappa shape index (κ2) is 5.09. The first-order valence-electron chi connectivity index (χ1n) is 5.83. The molecule has 0 aliphatic rings. The Balaban J connectivity index is 1.86. The summed E-state index contributed by atoms with van der Waals surface area (Å²) in [5.74, 6) is 0. The van der Waals surface area contributed by atoms with Crippen molar-refractivity contribution in [3.63, 3.8) is 0 Å². The molecule has 0 aliphatic carbocycles. The van der Waals surface area contributed by atoms with Crippen molar-refractivity contribution in [2.24, 2.45) is 0 Å². The van der Waals surface area contributed by atoms with Gasteiger partial charge in [-0.15, -0.1) is 22.9 Å². The zero-order valence-electron chi connectivity index (χ0n) is 9.71. The summed E-state index contributed by atoms with van der Waals surface area (Å²) >= 11 is 8.01. The normalized spacial score (nSPS) is 12.7. The van der Waals surface area contributed by atoms with Crippen LogP contribution >= 0.6 is 22.9 Å². The number of halogens is 1. The maximum absolute atomic E-state index is 6.40. The molecule has 3 rings (SSSR count). The predicted octanol–water partition coefficient (Wildman–Crippen LogP) is 4.82. The van der Waals surface area contributed by atoms with Gasteiger partial charge in [-0.1, -0.05) is 42.5 Å². The number of fused-ring (bicyclic) bond motifs is 1. The third-order valence-corrected chi connectivity index (χ3v) is 4.40. The van der Waals surface area contributed by atoms with E-state index in [1.807, 2.05) is 11.7 Å². The summed E-state index contributed by atoms with van der Waals surface area (Å²) in [5, 5.41) is 2.55. The smallest absolute Gasteiger partial charge is 0.0794 e. The first-order valence-corrected chi connectivity index (χ1v) is 7.15. The summed E-state index contributed by atoms with van der Waals surface area (Å²) in [6, 6.07) is 14.9. The maximum atomic E-state index is 6.40. The van der Waals surface area contributed by atoms with Crippen molar-refractivity contribution in [2.75, 3.05) is 0 Å². The van der Waals surface area contributed by atoms with E-state index in [1.165, 1.54) is 16.3 Å². The Hall–Kier alpha value is -1.38. The molecule has 90 valence electrons. The van der Waals surface area contributed by atoms with Crippen LogP contribution in [-0.2, 0) is 6.42 Å². The SMILES string of the molecule is ClC(Cc1ccc2ccccc2c1)c1cncs1. The first-order chi connectivity index (χ1) is 8.83. The van der Waals surface area contributed by atoms with Gasteiger partial charge in [0.15, 0.2) is 0 Å². The first kappa shape index (κ1) is 11.7. The fourth-order valence-corrected chi connectivity index (χ4v) is 3.04. The lowest BCUT2D eigenvalue weighted by Crippen LogP contribution is -1.93. The van der Waals surface area contributed by atoms with Gasteiger partial charge >= 0.3 is 0 Å². The zero-order valence-corrected chi connectivity index (χ0v) is 11.3. The molecule has 0 N–H and O–H groups in total. The average Bonchev–Trinajstić information content (AvgIpc) is 2.92. The molecule has 0 bridgehead atoms. The second-order valence-corrected chi connectivity index (χ2v) is 5.70. The summed E-state index contributed by atoms with van der Waals surface area (Å²) in [6.45, 7) is 0. The lowest BCUT2D eigenvalue weighted by atomic mass is 10.0. The van der Waals surface area contributed by atoms with E-state index in [9.17, 15) is 0 Å². The van der Waals surface area contributed by atoms with Crippen molar-refractivity contribution < 1.29 is 0 Å². The van der Waals surface area contributed by atoms with Crippen LogP contribution in [0.2, 0.25) is 0 Å². The number of benzene rings is 2. The van der Waals surface area contributed by atoms with Crippen molar-refractivity contribution in [1.82, 2.24) is 4.98 Å². The minimum Gasteiger partial charge on any atom is -0.253 e. The van der Waals surface area contributed by atoms with Crippen LogP contribution in [0.1, 0.15) is 15.8 Å². The van der Waals surface area contributed by atoms with Gasteiger partial charge in [-0.3, -0.25) is 4.98 Å². The number of rotatable bonds is 3. The lowest BCUT2D eigenvalue weighted by molar-refractivity contribution is 0.938. The molecule has 0 radical (unpaired) electrons. The second-order valence-electron chi connectivity index (χ2n) is 4.26. The van der Waals surface area contributed by atoms with Gasteiger partial charge in [-0.2, -0.15) is 0 Å². The zero-order chi connectivity index (χ0) is 12.4. The molecule has 1 nitrogen and oxygen atoms in total.